The maximum absolute atomic E-state index is 12.5. The molecule has 0 aliphatic carbocycles. The summed E-state index contributed by atoms with van der Waals surface area (Å²) in [5.41, 5.74) is 0. The van der Waals surface area contributed by atoms with Crippen LogP contribution < -0.4 is 5.32 Å². The van der Waals surface area contributed by atoms with Gasteiger partial charge in [0, 0.05) is 0 Å². The van der Waals surface area contributed by atoms with Crippen LogP contribution in [0.4, 0.5) is 0 Å². The maximum Gasteiger partial charge on any atom is 0.249 e. The molecule has 0 rings (SSSR count). The second kappa shape index (κ2) is 46.1. The topological polar surface area (TPSA) is 110 Å². The number of aliphatic hydroxyl groups excluding tert-OH is 4. The summed E-state index contributed by atoms with van der Waals surface area (Å²) in [6.07, 6.45) is 52.9. The largest absolute Gasteiger partial charge is 0.394 e. The van der Waals surface area contributed by atoms with E-state index in [4.69, 9.17) is 0 Å². The van der Waals surface area contributed by atoms with Crippen molar-refractivity contribution in [1.82, 2.24) is 5.32 Å². The fraction of sp³-hybridized carbons (Fsp3) is 0.941. The molecule has 5 N–H and O–H groups in total. The highest BCUT2D eigenvalue weighted by atomic mass is 16.3. The minimum Gasteiger partial charge on any atom is -0.394 e. The van der Waals surface area contributed by atoms with Gasteiger partial charge in [0.05, 0.1) is 18.8 Å². The predicted molar refractivity (Wildman–Crippen MR) is 247 cm³/mol. The summed E-state index contributed by atoms with van der Waals surface area (Å²) >= 11 is 0. The predicted octanol–water partition coefficient (Wildman–Crippen LogP) is 14.1. The summed E-state index contributed by atoms with van der Waals surface area (Å²) in [6.45, 7) is 4.01. The lowest BCUT2D eigenvalue weighted by Crippen LogP contribution is -2.53. The fourth-order valence-electron chi connectivity index (χ4n) is 8.15. The zero-order valence-corrected chi connectivity index (χ0v) is 38.4. The van der Waals surface area contributed by atoms with E-state index in [1.54, 1.807) is 0 Å². The van der Waals surface area contributed by atoms with Gasteiger partial charge in [-0.05, 0) is 32.1 Å². The first-order valence-electron chi connectivity index (χ1n) is 25.6. The van der Waals surface area contributed by atoms with Gasteiger partial charge in [0.1, 0.15) is 12.2 Å². The highest BCUT2D eigenvalue weighted by Gasteiger charge is 2.28. The van der Waals surface area contributed by atoms with Crippen LogP contribution in [0.5, 0.6) is 0 Å². The van der Waals surface area contributed by atoms with Crippen molar-refractivity contribution in [3.63, 3.8) is 0 Å². The van der Waals surface area contributed by atoms with Crippen LogP contribution in [0.3, 0.4) is 0 Å². The van der Waals surface area contributed by atoms with Gasteiger partial charge in [-0.2, -0.15) is 0 Å². The van der Waals surface area contributed by atoms with Gasteiger partial charge in [0.15, 0.2) is 0 Å². The van der Waals surface area contributed by atoms with Crippen molar-refractivity contribution in [3.8, 4) is 0 Å². The van der Waals surface area contributed by atoms with Crippen molar-refractivity contribution < 1.29 is 25.2 Å². The number of rotatable bonds is 47. The lowest BCUT2D eigenvalue weighted by atomic mass is 9.99. The second-order valence-electron chi connectivity index (χ2n) is 17.9. The van der Waals surface area contributed by atoms with E-state index in [-0.39, 0.29) is 0 Å². The molecule has 57 heavy (non-hydrogen) atoms. The molecule has 0 aromatic heterocycles. The first-order valence-corrected chi connectivity index (χ1v) is 25.6. The molecule has 0 aromatic carbocycles. The summed E-state index contributed by atoms with van der Waals surface area (Å²) < 4.78 is 0. The normalized spacial score (nSPS) is 14.0. The van der Waals surface area contributed by atoms with Gasteiger partial charge in [-0.3, -0.25) is 4.79 Å². The summed E-state index contributed by atoms with van der Waals surface area (Å²) in [7, 11) is 0. The average molecular weight is 808 g/mol. The molecular formula is C51H101NO5. The lowest BCUT2D eigenvalue weighted by molar-refractivity contribution is -0.132. The third-order valence-corrected chi connectivity index (χ3v) is 12.2. The van der Waals surface area contributed by atoms with Crippen molar-refractivity contribution >= 4 is 5.91 Å². The number of aliphatic hydroxyl groups is 4. The summed E-state index contributed by atoms with van der Waals surface area (Å²) in [5.74, 6) is -0.592. The van der Waals surface area contributed by atoms with Gasteiger partial charge >= 0.3 is 0 Å². The standard InChI is InChI=1S/C51H101NO5/c1-3-5-7-9-11-13-15-16-17-18-19-20-21-22-23-24-25-26-27-28-29-30-31-32-33-34-35-37-38-40-42-44-48(54)50(56)47(46-53)52-51(57)49(55)45-43-41-39-36-14-12-10-8-6-4-2/h10,12,47-50,53-56H,3-9,11,13-46H2,1-2H3,(H,52,57)/b12-10-. The van der Waals surface area contributed by atoms with E-state index >= 15 is 0 Å². The number of unbranched alkanes of at least 4 members (excludes halogenated alkanes) is 36. The zero-order chi connectivity index (χ0) is 41.7. The van der Waals surface area contributed by atoms with E-state index in [1.807, 2.05) is 0 Å². The molecule has 0 aliphatic rings. The van der Waals surface area contributed by atoms with Crippen molar-refractivity contribution in [2.24, 2.45) is 0 Å². The fourth-order valence-corrected chi connectivity index (χ4v) is 8.15. The lowest BCUT2D eigenvalue weighted by Gasteiger charge is -2.27. The Morgan fingerprint density at radius 3 is 1.07 bits per heavy atom. The van der Waals surface area contributed by atoms with E-state index < -0.39 is 36.9 Å². The van der Waals surface area contributed by atoms with Crippen LogP contribution in [0.15, 0.2) is 12.2 Å². The molecule has 1 amide bonds. The first-order chi connectivity index (χ1) is 28.0. The Hall–Kier alpha value is -0.950. The van der Waals surface area contributed by atoms with Crippen molar-refractivity contribution in [2.75, 3.05) is 6.61 Å². The van der Waals surface area contributed by atoms with Gasteiger partial charge in [0.2, 0.25) is 5.91 Å². The van der Waals surface area contributed by atoms with E-state index in [0.29, 0.717) is 12.8 Å². The second-order valence-corrected chi connectivity index (χ2v) is 17.9. The molecular weight excluding hydrogens is 707 g/mol. The van der Waals surface area contributed by atoms with Crippen LogP contribution in [0.25, 0.3) is 0 Å². The Morgan fingerprint density at radius 2 is 0.719 bits per heavy atom. The molecule has 0 aliphatic heterocycles. The number of carbonyl (C=O) groups excluding carboxylic acids is 1. The smallest absolute Gasteiger partial charge is 0.249 e. The van der Waals surface area contributed by atoms with Gasteiger partial charge in [-0.15, -0.1) is 0 Å². The number of nitrogens with one attached hydrogen (secondary N) is 1. The van der Waals surface area contributed by atoms with Crippen LogP contribution in [-0.4, -0.2) is 57.3 Å². The van der Waals surface area contributed by atoms with Gasteiger partial charge < -0.3 is 25.7 Å². The summed E-state index contributed by atoms with van der Waals surface area (Å²) in [6, 6.07) is -0.986. The van der Waals surface area contributed by atoms with Gasteiger partial charge in [-0.25, -0.2) is 0 Å². The van der Waals surface area contributed by atoms with Crippen LogP contribution in [0.2, 0.25) is 0 Å². The maximum atomic E-state index is 12.5. The number of hydrogen-bond donors (Lipinski definition) is 5. The van der Waals surface area contributed by atoms with Crippen molar-refractivity contribution in [1.29, 1.82) is 0 Å². The molecule has 340 valence electrons. The molecule has 0 bridgehead atoms. The monoisotopic (exact) mass is 808 g/mol. The molecule has 0 aromatic rings. The average Bonchev–Trinajstić information content (AvgIpc) is 3.22. The molecule has 4 atom stereocenters. The minimum absolute atomic E-state index is 0.356. The van der Waals surface area contributed by atoms with Crippen LogP contribution in [0.1, 0.15) is 277 Å². The Balaban J connectivity index is 3.52. The zero-order valence-electron chi connectivity index (χ0n) is 38.4. The van der Waals surface area contributed by atoms with Crippen LogP contribution in [-0.2, 0) is 4.79 Å². The third-order valence-electron chi connectivity index (χ3n) is 12.2. The number of carbonyl (C=O) groups is 1. The third kappa shape index (κ3) is 40.2. The summed E-state index contributed by atoms with van der Waals surface area (Å²) in [5, 5.41) is 43.7. The van der Waals surface area contributed by atoms with E-state index in [1.165, 1.54) is 193 Å². The van der Waals surface area contributed by atoms with E-state index in [2.05, 4.69) is 31.3 Å². The molecule has 0 saturated heterocycles. The molecule has 6 nitrogen and oxygen atoms in total. The molecule has 0 saturated carbocycles. The van der Waals surface area contributed by atoms with Crippen molar-refractivity contribution in [3.05, 3.63) is 12.2 Å². The van der Waals surface area contributed by atoms with Crippen LogP contribution >= 0.6 is 0 Å². The highest BCUT2D eigenvalue weighted by molar-refractivity contribution is 5.80. The number of hydrogen-bond acceptors (Lipinski definition) is 5. The Morgan fingerprint density at radius 1 is 0.421 bits per heavy atom. The Bertz CT molecular complexity index is 821. The van der Waals surface area contributed by atoms with Gasteiger partial charge in [-0.1, -0.05) is 257 Å². The molecule has 4 unspecified atom stereocenters. The highest BCUT2D eigenvalue weighted by Crippen LogP contribution is 2.18. The Kier molecular flexibility index (Phi) is 45.4. The molecule has 0 radical (unpaired) electrons. The molecule has 0 fully saturated rings. The number of allylic oxidation sites excluding steroid dienone is 2. The quantitative estimate of drug-likeness (QED) is 0.0311. The number of amides is 1. The van der Waals surface area contributed by atoms with E-state index in [9.17, 15) is 25.2 Å². The SMILES string of the molecule is CCCC/C=C\CCCCCCC(O)C(=O)NC(CO)C(O)C(O)CCCCCCCCCCCCCCCCCCCCCCCCCCCCCCCCC. The van der Waals surface area contributed by atoms with Crippen molar-refractivity contribution in [2.45, 2.75) is 301 Å². The first kappa shape index (κ1) is 56.0. The summed E-state index contributed by atoms with van der Waals surface area (Å²) in [4.78, 5) is 12.5. The van der Waals surface area contributed by atoms with Gasteiger partial charge in [0.25, 0.3) is 0 Å². The Labute approximate surface area is 355 Å². The molecule has 0 heterocycles. The minimum atomic E-state index is -1.26. The van der Waals surface area contributed by atoms with Crippen LogP contribution in [0, 0.1) is 0 Å². The molecule has 6 heteroatoms. The van der Waals surface area contributed by atoms with E-state index in [0.717, 1.165) is 57.8 Å². The molecule has 0 spiro atoms.